The lowest BCUT2D eigenvalue weighted by atomic mass is 10.0. The lowest BCUT2D eigenvalue weighted by Crippen LogP contribution is -2.22. The minimum atomic E-state index is -4.29. The molecule has 0 bridgehead atoms. The number of nitrogens with zero attached hydrogens (tertiary/aromatic N) is 2. The Morgan fingerprint density at radius 3 is 2.35 bits per heavy atom. The van der Waals surface area contributed by atoms with Crippen LogP contribution in [0.3, 0.4) is 0 Å². The number of hydrogen-bond donors (Lipinski definition) is 1. The molecule has 20 heavy (non-hydrogen) atoms. The van der Waals surface area contributed by atoms with Crippen LogP contribution in [0.4, 0.5) is 13.2 Å². The topological polar surface area (TPSA) is 29.9 Å². The largest absolute Gasteiger partial charge is 0.416 e. The van der Waals surface area contributed by atoms with Gasteiger partial charge in [0, 0.05) is 19.4 Å². The quantitative estimate of drug-likeness (QED) is 0.935. The molecule has 0 amide bonds. The summed E-state index contributed by atoms with van der Waals surface area (Å²) in [6.07, 6.45) is -0.168. The number of benzene rings is 1. The first-order valence-corrected chi connectivity index (χ1v) is 6.22. The van der Waals surface area contributed by atoms with E-state index in [1.807, 2.05) is 24.9 Å². The Balaban J connectivity index is 2.15. The van der Waals surface area contributed by atoms with Crippen LogP contribution in [0.2, 0.25) is 0 Å². The highest BCUT2D eigenvalue weighted by Crippen LogP contribution is 2.29. The zero-order chi connectivity index (χ0) is 14.8. The Morgan fingerprint density at radius 1 is 1.25 bits per heavy atom. The molecule has 0 saturated carbocycles. The maximum atomic E-state index is 12.5. The van der Waals surface area contributed by atoms with Crippen LogP contribution in [0.1, 0.15) is 23.0 Å². The summed E-state index contributed by atoms with van der Waals surface area (Å²) >= 11 is 0. The van der Waals surface area contributed by atoms with E-state index >= 15 is 0 Å². The molecule has 3 nitrogen and oxygen atoms in total. The molecule has 0 aliphatic heterocycles. The summed E-state index contributed by atoms with van der Waals surface area (Å²) in [5.41, 5.74) is 0.208. The molecule has 1 N–H and O–H groups in total. The molecule has 0 aliphatic carbocycles. The van der Waals surface area contributed by atoms with Crippen LogP contribution in [0.25, 0.3) is 0 Å². The van der Waals surface area contributed by atoms with Crippen LogP contribution in [0.5, 0.6) is 0 Å². The molecule has 2 aromatic rings. The monoisotopic (exact) mass is 283 g/mol. The van der Waals surface area contributed by atoms with Crippen molar-refractivity contribution in [1.29, 1.82) is 0 Å². The SMILES string of the molecule is CNC(Cc1ccc(C(F)(F)F)cc1)c1nccn1C. The number of aromatic nitrogens is 2. The second-order valence-electron chi connectivity index (χ2n) is 4.64. The first-order chi connectivity index (χ1) is 9.41. The maximum Gasteiger partial charge on any atom is 0.416 e. The fourth-order valence-corrected chi connectivity index (χ4v) is 2.10. The van der Waals surface area contributed by atoms with Crippen molar-refractivity contribution in [2.45, 2.75) is 18.6 Å². The number of aryl methyl sites for hydroxylation is 1. The van der Waals surface area contributed by atoms with Crippen LogP contribution in [-0.4, -0.2) is 16.6 Å². The van der Waals surface area contributed by atoms with Crippen molar-refractivity contribution in [2.24, 2.45) is 7.05 Å². The Hall–Kier alpha value is -1.82. The molecular formula is C14H16F3N3. The molecule has 2 rings (SSSR count). The lowest BCUT2D eigenvalue weighted by Gasteiger charge is -2.16. The van der Waals surface area contributed by atoms with Gasteiger partial charge in [0.2, 0.25) is 0 Å². The number of nitrogens with one attached hydrogen (secondary N) is 1. The summed E-state index contributed by atoms with van der Waals surface area (Å²) < 4.78 is 39.4. The van der Waals surface area contributed by atoms with E-state index in [1.165, 1.54) is 12.1 Å². The minimum Gasteiger partial charge on any atom is -0.337 e. The second-order valence-corrected chi connectivity index (χ2v) is 4.64. The molecule has 6 heteroatoms. The third-order valence-corrected chi connectivity index (χ3v) is 3.24. The predicted molar refractivity (Wildman–Crippen MR) is 70.2 cm³/mol. The highest BCUT2D eigenvalue weighted by Gasteiger charge is 2.30. The van der Waals surface area contributed by atoms with Crippen LogP contribution < -0.4 is 5.32 Å². The molecule has 0 spiro atoms. The summed E-state index contributed by atoms with van der Waals surface area (Å²) in [5, 5.41) is 3.13. The highest BCUT2D eigenvalue weighted by atomic mass is 19.4. The van der Waals surface area contributed by atoms with Gasteiger partial charge in [-0.3, -0.25) is 0 Å². The van der Waals surface area contributed by atoms with E-state index < -0.39 is 11.7 Å². The molecule has 0 saturated heterocycles. The average Bonchev–Trinajstić information content (AvgIpc) is 2.82. The molecule has 1 aromatic heterocycles. The Bertz CT molecular complexity index is 558. The zero-order valence-corrected chi connectivity index (χ0v) is 11.3. The van der Waals surface area contributed by atoms with Crippen LogP contribution in [0, 0.1) is 0 Å². The van der Waals surface area contributed by atoms with Gasteiger partial charge in [-0.05, 0) is 31.2 Å². The molecule has 0 fully saturated rings. The van der Waals surface area contributed by atoms with Gasteiger partial charge >= 0.3 is 6.18 Å². The minimum absolute atomic E-state index is 0.0354. The van der Waals surface area contributed by atoms with E-state index in [4.69, 9.17) is 0 Å². The third kappa shape index (κ3) is 3.19. The Morgan fingerprint density at radius 2 is 1.90 bits per heavy atom. The van der Waals surface area contributed by atoms with Gasteiger partial charge in [0.05, 0.1) is 11.6 Å². The molecule has 1 atom stereocenters. The van der Waals surface area contributed by atoms with Gasteiger partial charge in [0.1, 0.15) is 5.82 Å². The van der Waals surface area contributed by atoms with Gasteiger partial charge in [0.25, 0.3) is 0 Å². The summed E-state index contributed by atoms with van der Waals surface area (Å²) in [6.45, 7) is 0. The van der Waals surface area contributed by atoms with Gasteiger partial charge < -0.3 is 9.88 Å². The van der Waals surface area contributed by atoms with Gasteiger partial charge in [0.15, 0.2) is 0 Å². The number of likely N-dealkylation sites (N-methyl/N-ethyl adjacent to an activating group) is 1. The molecule has 1 heterocycles. The maximum absolute atomic E-state index is 12.5. The molecule has 0 aliphatic rings. The first-order valence-electron chi connectivity index (χ1n) is 6.22. The number of rotatable bonds is 4. The van der Waals surface area contributed by atoms with E-state index in [2.05, 4.69) is 10.3 Å². The second kappa shape index (κ2) is 5.66. The van der Waals surface area contributed by atoms with Crippen molar-refractivity contribution in [1.82, 2.24) is 14.9 Å². The summed E-state index contributed by atoms with van der Waals surface area (Å²) in [7, 11) is 3.70. The first kappa shape index (κ1) is 14.6. The van der Waals surface area contributed by atoms with Crippen molar-refractivity contribution in [3.8, 4) is 0 Å². The Kier molecular flexibility index (Phi) is 4.13. The number of halogens is 3. The average molecular weight is 283 g/mol. The van der Waals surface area contributed by atoms with Crippen molar-refractivity contribution in [3.05, 3.63) is 53.6 Å². The van der Waals surface area contributed by atoms with Crippen LogP contribution >= 0.6 is 0 Å². The molecule has 0 radical (unpaired) electrons. The van der Waals surface area contributed by atoms with Crippen molar-refractivity contribution in [3.63, 3.8) is 0 Å². The fraction of sp³-hybridized carbons (Fsp3) is 0.357. The van der Waals surface area contributed by atoms with E-state index in [0.29, 0.717) is 6.42 Å². The van der Waals surface area contributed by atoms with Crippen molar-refractivity contribution < 1.29 is 13.2 Å². The fourth-order valence-electron chi connectivity index (χ4n) is 2.10. The van der Waals surface area contributed by atoms with Crippen molar-refractivity contribution in [2.75, 3.05) is 7.05 Å². The van der Waals surface area contributed by atoms with Gasteiger partial charge in [-0.1, -0.05) is 12.1 Å². The summed E-state index contributed by atoms with van der Waals surface area (Å²) in [6, 6.07) is 5.21. The number of imidazole rings is 1. The molecule has 1 aromatic carbocycles. The third-order valence-electron chi connectivity index (χ3n) is 3.24. The van der Waals surface area contributed by atoms with Crippen molar-refractivity contribution >= 4 is 0 Å². The molecular weight excluding hydrogens is 267 g/mol. The predicted octanol–water partition coefficient (Wildman–Crippen LogP) is 2.94. The van der Waals surface area contributed by atoms with Gasteiger partial charge in [-0.25, -0.2) is 4.98 Å². The summed E-state index contributed by atoms with van der Waals surface area (Å²) in [4.78, 5) is 4.26. The Labute approximate surface area is 115 Å². The zero-order valence-electron chi connectivity index (χ0n) is 11.3. The smallest absolute Gasteiger partial charge is 0.337 e. The van der Waals surface area contributed by atoms with E-state index in [1.54, 1.807) is 6.20 Å². The highest BCUT2D eigenvalue weighted by molar-refractivity contribution is 5.25. The number of alkyl halides is 3. The van der Waals surface area contributed by atoms with Gasteiger partial charge in [-0.15, -0.1) is 0 Å². The number of hydrogen-bond acceptors (Lipinski definition) is 2. The van der Waals surface area contributed by atoms with Crippen LogP contribution in [0.15, 0.2) is 36.7 Å². The summed E-state index contributed by atoms with van der Waals surface area (Å²) in [5.74, 6) is 0.854. The van der Waals surface area contributed by atoms with Crippen LogP contribution in [-0.2, 0) is 19.6 Å². The molecule has 1 unspecified atom stereocenters. The standard InChI is InChI=1S/C14H16F3N3/c1-18-12(13-19-7-8-20(13)2)9-10-3-5-11(6-4-10)14(15,16)17/h3-8,12,18H,9H2,1-2H3. The normalized spacial score (nSPS) is 13.4. The van der Waals surface area contributed by atoms with E-state index in [-0.39, 0.29) is 6.04 Å². The molecule has 108 valence electrons. The van der Waals surface area contributed by atoms with E-state index in [9.17, 15) is 13.2 Å². The lowest BCUT2D eigenvalue weighted by molar-refractivity contribution is -0.137. The van der Waals surface area contributed by atoms with Gasteiger partial charge in [-0.2, -0.15) is 13.2 Å². The van der Waals surface area contributed by atoms with E-state index in [0.717, 1.165) is 23.5 Å².